The van der Waals surface area contributed by atoms with Crippen LogP contribution in [-0.2, 0) is 9.53 Å². The Morgan fingerprint density at radius 1 is 1.14 bits per heavy atom. The number of carbonyl (C=O) groups is 2. The second-order valence-corrected chi connectivity index (χ2v) is 10.1. The number of carbonyl (C=O) groups excluding carboxylic acids is 2. The average molecular weight is 580 g/mol. The SMILES string of the molecule is CCNC(=O)[C@H]1O[C@@H](n2cnc3c(N)nc(C#CCC4CCN(C(=O)Oc5ccc(OC)cc5)CC4)nc32)C(O)[C@H]1O. The number of amides is 2. The summed E-state index contributed by atoms with van der Waals surface area (Å²) < 4.78 is 17.7. The molecule has 0 aliphatic carbocycles. The number of likely N-dealkylation sites (N-methyl/N-ethyl adjacent to an activating group) is 1. The van der Waals surface area contributed by atoms with Gasteiger partial charge in [0.1, 0.15) is 29.2 Å². The van der Waals surface area contributed by atoms with Crippen molar-refractivity contribution in [2.45, 2.75) is 50.7 Å². The smallest absolute Gasteiger partial charge is 0.415 e. The van der Waals surface area contributed by atoms with E-state index < -0.39 is 30.4 Å². The number of benzene rings is 1. The summed E-state index contributed by atoms with van der Waals surface area (Å²) in [6.45, 7) is 3.21. The van der Waals surface area contributed by atoms with Gasteiger partial charge < -0.3 is 40.4 Å². The molecular weight excluding hydrogens is 546 g/mol. The van der Waals surface area contributed by atoms with Crippen LogP contribution in [0.4, 0.5) is 10.6 Å². The molecule has 2 amide bonds. The lowest BCUT2D eigenvalue weighted by atomic mass is 9.94. The molecule has 2 saturated heterocycles. The average Bonchev–Trinajstić information content (AvgIpc) is 3.54. The number of methoxy groups -OCH3 is 1. The van der Waals surface area contributed by atoms with Crippen LogP contribution in [-0.4, -0.2) is 91.7 Å². The normalized spacial score (nSPS) is 22.4. The van der Waals surface area contributed by atoms with Crippen molar-refractivity contribution >= 4 is 29.0 Å². The van der Waals surface area contributed by atoms with E-state index in [2.05, 4.69) is 32.1 Å². The van der Waals surface area contributed by atoms with Crippen LogP contribution >= 0.6 is 0 Å². The fourth-order valence-electron chi connectivity index (χ4n) is 4.96. The third-order valence-corrected chi connectivity index (χ3v) is 7.30. The number of anilines is 1. The van der Waals surface area contributed by atoms with Gasteiger partial charge in [-0.05, 0) is 55.9 Å². The summed E-state index contributed by atoms with van der Waals surface area (Å²) in [6.07, 6.45) is -2.12. The predicted molar refractivity (Wildman–Crippen MR) is 149 cm³/mol. The molecule has 1 unspecified atom stereocenters. The van der Waals surface area contributed by atoms with Crippen LogP contribution in [0.1, 0.15) is 38.2 Å². The predicted octanol–water partition coefficient (Wildman–Crippen LogP) is 0.825. The molecule has 222 valence electrons. The number of nitrogen functional groups attached to an aromatic ring is 1. The Balaban J connectivity index is 1.20. The molecule has 5 N–H and O–H groups in total. The van der Waals surface area contributed by atoms with E-state index in [-0.39, 0.29) is 34.8 Å². The molecule has 4 atom stereocenters. The van der Waals surface area contributed by atoms with E-state index in [0.717, 1.165) is 12.8 Å². The second-order valence-electron chi connectivity index (χ2n) is 10.1. The van der Waals surface area contributed by atoms with Gasteiger partial charge in [0.2, 0.25) is 5.82 Å². The van der Waals surface area contributed by atoms with Gasteiger partial charge in [-0.1, -0.05) is 5.92 Å². The summed E-state index contributed by atoms with van der Waals surface area (Å²) in [4.78, 5) is 39.4. The van der Waals surface area contributed by atoms with Crippen LogP contribution < -0.4 is 20.5 Å². The van der Waals surface area contributed by atoms with Gasteiger partial charge in [0.05, 0.1) is 13.4 Å². The number of likely N-dealkylation sites (tertiary alicyclic amines) is 1. The molecule has 2 aliphatic rings. The molecule has 0 bridgehead atoms. The lowest BCUT2D eigenvalue weighted by Crippen LogP contribution is -2.42. The van der Waals surface area contributed by atoms with E-state index in [0.29, 0.717) is 37.6 Å². The van der Waals surface area contributed by atoms with Gasteiger partial charge in [-0.2, -0.15) is 0 Å². The number of fused-ring (bicyclic) bond motifs is 1. The highest BCUT2D eigenvalue weighted by molar-refractivity contribution is 5.83. The molecule has 14 nitrogen and oxygen atoms in total. The third-order valence-electron chi connectivity index (χ3n) is 7.30. The highest BCUT2D eigenvalue weighted by atomic mass is 16.6. The topological polar surface area (TPSA) is 187 Å². The zero-order valence-corrected chi connectivity index (χ0v) is 23.3. The molecule has 0 spiro atoms. The van der Waals surface area contributed by atoms with Crippen LogP contribution in [0.15, 0.2) is 30.6 Å². The molecule has 0 saturated carbocycles. The molecule has 3 aromatic rings. The molecule has 14 heteroatoms. The number of hydrogen-bond acceptors (Lipinski definition) is 11. The monoisotopic (exact) mass is 579 g/mol. The number of nitrogens with two attached hydrogens (primary N) is 1. The van der Waals surface area contributed by atoms with Crippen molar-refractivity contribution in [3.8, 4) is 23.3 Å². The molecule has 2 fully saturated rings. The summed E-state index contributed by atoms with van der Waals surface area (Å²) in [5, 5.41) is 23.6. The Kier molecular flexibility index (Phi) is 8.72. The van der Waals surface area contributed by atoms with Crippen molar-refractivity contribution in [1.82, 2.24) is 29.7 Å². The first kappa shape index (κ1) is 29.1. The molecule has 4 heterocycles. The zero-order valence-electron chi connectivity index (χ0n) is 23.3. The third kappa shape index (κ3) is 6.08. The molecule has 1 aromatic carbocycles. The van der Waals surface area contributed by atoms with Gasteiger partial charge in [-0.3, -0.25) is 9.36 Å². The maximum atomic E-state index is 12.5. The minimum absolute atomic E-state index is 0.0973. The van der Waals surface area contributed by atoms with Gasteiger partial charge in [0.25, 0.3) is 5.91 Å². The number of nitrogens with zero attached hydrogens (tertiary/aromatic N) is 5. The van der Waals surface area contributed by atoms with Crippen molar-refractivity contribution in [3.63, 3.8) is 0 Å². The highest BCUT2D eigenvalue weighted by Crippen LogP contribution is 2.32. The Bertz CT molecular complexity index is 1490. The van der Waals surface area contributed by atoms with Crippen molar-refractivity contribution in [1.29, 1.82) is 0 Å². The summed E-state index contributed by atoms with van der Waals surface area (Å²) in [6, 6.07) is 6.84. The fourth-order valence-corrected chi connectivity index (χ4v) is 4.96. The van der Waals surface area contributed by atoms with Crippen LogP contribution in [0.5, 0.6) is 11.5 Å². The number of piperidine rings is 1. The van der Waals surface area contributed by atoms with E-state index >= 15 is 0 Å². The van der Waals surface area contributed by atoms with E-state index in [4.69, 9.17) is 19.9 Å². The Morgan fingerprint density at radius 2 is 1.86 bits per heavy atom. The molecule has 0 radical (unpaired) electrons. The molecule has 2 aromatic heterocycles. The number of hydrogen-bond donors (Lipinski definition) is 4. The van der Waals surface area contributed by atoms with Crippen LogP contribution in [0.25, 0.3) is 11.2 Å². The lowest BCUT2D eigenvalue weighted by molar-refractivity contribution is -0.137. The zero-order chi connectivity index (χ0) is 29.8. The maximum Gasteiger partial charge on any atom is 0.415 e. The van der Waals surface area contributed by atoms with E-state index in [1.54, 1.807) is 43.2 Å². The molecular formula is C28H33N7O7. The first-order valence-electron chi connectivity index (χ1n) is 13.7. The largest absolute Gasteiger partial charge is 0.497 e. The number of aliphatic hydroxyl groups is 2. The van der Waals surface area contributed by atoms with Gasteiger partial charge >= 0.3 is 6.09 Å². The van der Waals surface area contributed by atoms with Gasteiger partial charge in [0, 0.05) is 26.1 Å². The van der Waals surface area contributed by atoms with Gasteiger partial charge in [0.15, 0.2) is 23.8 Å². The van der Waals surface area contributed by atoms with Crippen LogP contribution in [0, 0.1) is 17.8 Å². The minimum Gasteiger partial charge on any atom is -0.497 e. The maximum absolute atomic E-state index is 12.5. The highest BCUT2D eigenvalue weighted by Gasteiger charge is 2.47. The van der Waals surface area contributed by atoms with E-state index in [9.17, 15) is 19.8 Å². The van der Waals surface area contributed by atoms with Crippen molar-refractivity contribution < 1.29 is 34.0 Å². The number of aromatic nitrogens is 4. The Morgan fingerprint density at radius 3 is 2.55 bits per heavy atom. The van der Waals surface area contributed by atoms with Crippen LogP contribution in [0.3, 0.4) is 0 Å². The summed E-state index contributed by atoms with van der Waals surface area (Å²) in [5.41, 5.74) is 6.64. The first-order valence-corrected chi connectivity index (χ1v) is 13.7. The summed E-state index contributed by atoms with van der Waals surface area (Å²) in [7, 11) is 1.57. The lowest BCUT2D eigenvalue weighted by Gasteiger charge is -2.30. The number of aliphatic hydroxyl groups excluding tert-OH is 2. The first-order chi connectivity index (χ1) is 20.3. The van der Waals surface area contributed by atoms with Crippen molar-refractivity contribution in [3.05, 3.63) is 36.4 Å². The number of nitrogens with one attached hydrogen (secondary N) is 1. The number of imidazole rings is 1. The molecule has 42 heavy (non-hydrogen) atoms. The van der Waals surface area contributed by atoms with Crippen molar-refractivity contribution in [2.75, 3.05) is 32.5 Å². The second kappa shape index (κ2) is 12.6. The van der Waals surface area contributed by atoms with Gasteiger partial charge in [-0.25, -0.2) is 19.7 Å². The Labute approximate surface area is 241 Å². The molecule has 5 rings (SSSR count). The van der Waals surface area contributed by atoms with Crippen molar-refractivity contribution in [2.24, 2.45) is 5.92 Å². The summed E-state index contributed by atoms with van der Waals surface area (Å²) in [5.74, 6) is 7.21. The standard InChI is InChI=1S/C28H33N7O7/c1-3-30-26(38)23-21(36)22(37)27(42-23)35-15-31-20-24(29)32-19(33-25(20)35)6-4-5-16-11-13-34(14-12-16)28(39)41-18-9-7-17(40-2)8-10-18/h7-10,15-16,21-23,27,36-37H,3,5,11-14H2,1-2H3,(H,30,38)(H2,29,32,33)/t21-,22?,23+,27-/m1/s1. The Hall–Kier alpha value is -4.45. The quantitative estimate of drug-likeness (QED) is 0.303. The number of ether oxygens (including phenoxy) is 3. The fraction of sp³-hybridized carbons (Fsp3) is 0.464. The van der Waals surface area contributed by atoms with Crippen LogP contribution in [0.2, 0.25) is 0 Å². The minimum atomic E-state index is -1.44. The van der Waals surface area contributed by atoms with E-state index in [1.807, 2.05) is 0 Å². The summed E-state index contributed by atoms with van der Waals surface area (Å²) >= 11 is 0. The van der Waals surface area contributed by atoms with E-state index in [1.165, 1.54) is 10.9 Å². The number of rotatable bonds is 6. The molecule has 2 aliphatic heterocycles. The van der Waals surface area contributed by atoms with Gasteiger partial charge in [-0.15, -0.1) is 0 Å².